The SMILES string of the molecule is CCN(Cc1cc(F)ccc1-c1cncc(C(C)C(=O)O)c1)C(=O)NCc1ccccc1. The van der Waals surface area contributed by atoms with Crippen LogP contribution in [0.5, 0.6) is 0 Å². The zero-order chi connectivity index (χ0) is 23.1. The smallest absolute Gasteiger partial charge is 0.317 e. The first-order valence-electron chi connectivity index (χ1n) is 10.4. The largest absolute Gasteiger partial charge is 0.481 e. The molecule has 3 rings (SSSR count). The van der Waals surface area contributed by atoms with Gasteiger partial charge in [-0.1, -0.05) is 36.4 Å². The van der Waals surface area contributed by atoms with Gasteiger partial charge < -0.3 is 15.3 Å². The average Bonchev–Trinajstić information content (AvgIpc) is 2.81. The molecule has 0 radical (unpaired) electrons. The number of aromatic nitrogens is 1. The van der Waals surface area contributed by atoms with Crippen molar-refractivity contribution in [1.82, 2.24) is 15.2 Å². The predicted molar refractivity (Wildman–Crippen MR) is 120 cm³/mol. The summed E-state index contributed by atoms with van der Waals surface area (Å²) < 4.78 is 14.1. The number of aliphatic carboxylic acids is 1. The summed E-state index contributed by atoms with van der Waals surface area (Å²) in [7, 11) is 0. The number of amides is 2. The van der Waals surface area contributed by atoms with Gasteiger partial charge in [0.25, 0.3) is 0 Å². The van der Waals surface area contributed by atoms with Crippen LogP contribution in [-0.4, -0.2) is 33.5 Å². The van der Waals surface area contributed by atoms with E-state index in [0.29, 0.717) is 35.3 Å². The summed E-state index contributed by atoms with van der Waals surface area (Å²) in [4.78, 5) is 29.9. The minimum absolute atomic E-state index is 0.197. The average molecular weight is 435 g/mol. The van der Waals surface area contributed by atoms with Crippen LogP contribution in [0.1, 0.15) is 36.5 Å². The first-order chi connectivity index (χ1) is 15.4. The Morgan fingerprint density at radius 3 is 2.56 bits per heavy atom. The van der Waals surface area contributed by atoms with E-state index in [0.717, 1.165) is 5.56 Å². The zero-order valence-electron chi connectivity index (χ0n) is 18.1. The summed E-state index contributed by atoms with van der Waals surface area (Å²) in [6.07, 6.45) is 3.13. The van der Waals surface area contributed by atoms with Crippen LogP contribution in [0.2, 0.25) is 0 Å². The molecule has 6 nitrogen and oxygen atoms in total. The lowest BCUT2D eigenvalue weighted by molar-refractivity contribution is -0.138. The lowest BCUT2D eigenvalue weighted by Crippen LogP contribution is -2.39. The molecule has 1 atom stereocenters. The molecule has 2 amide bonds. The monoisotopic (exact) mass is 435 g/mol. The van der Waals surface area contributed by atoms with Crippen LogP contribution in [0.25, 0.3) is 11.1 Å². The van der Waals surface area contributed by atoms with Gasteiger partial charge >= 0.3 is 12.0 Å². The minimum atomic E-state index is -0.949. The summed E-state index contributed by atoms with van der Waals surface area (Å²) in [5.74, 6) is -2.08. The van der Waals surface area contributed by atoms with E-state index in [2.05, 4.69) is 10.3 Å². The van der Waals surface area contributed by atoms with Gasteiger partial charge in [-0.2, -0.15) is 0 Å². The summed E-state index contributed by atoms with van der Waals surface area (Å²) in [5, 5.41) is 12.2. The zero-order valence-corrected chi connectivity index (χ0v) is 18.1. The third-order valence-corrected chi connectivity index (χ3v) is 5.32. The van der Waals surface area contributed by atoms with E-state index >= 15 is 0 Å². The second kappa shape index (κ2) is 10.5. The van der Waals surface area contributed by atoms with Gasteiger partial charge in [0.1, 0.15) is 5.82 Å². The van der Waals surface area contributed by atoms with Crippen LogP contribution >= 0.6 is 0 Å². The van der Waals surface area contributed by atoms with Gasteiger partial charge in [0.05, 0.1) is 5.92 Å². The molecule has 0 spiro atoms. The molecule has 7 heteroatoms. The lowest BCUT2D eigenvalue weighted by Gasteiger charge is -2.23. The highest BCUT2D eigenvalue weighted by molar-refractivity contribution is 5.77. The number of urea groups is 1. The van der Waals surface area contributed by atoms with Gasteiger partial charge in [-0.25, -0.2) is 9.18 Å². The number of carboxylic acids is 1. The van der Waals surface area contributed by atoms with Crippen molar-refractivity contribution in [2.45, 2.75) is 32.9 Å². The van der Waals surface area contributed by atoms with Crippen LogP contribution in [0.15, 0.2) is 67.0 Å². The minimum Gasteiger partial charge on any atom is -0.481 e. The van der Waals surface area contributed by atoms with Crippen LogP contribution in [0.4, 0.5) is 9.18 Å². The molecule has 166 valence electrons. The molecular weight excluding hydrogens is 409 g/mol. The molecule has 1 aromatic heterocycles. The Bertz CT molecular complexity index is 1090. The van der Waals surface area contributed by atoms with E-state index in [4.69, 9.17) is 0 Å². The van der Waals surface area contributed by atoms with Crippen molar-refractivity contribution in [2.24, 2.45) is 0 Å². The lowest BCUT2D eigenvalue weighted by atomic mass is 9.96. The highest BCUT2D eigenvalue weighted by atomic mass is 19.1. The van der Waals surface area contributed by atoms with Gasteiger partial charge in [0.2, 0.25) is 0 Å². The van der Waals surface area contributed by atoms with Crippen molar-refractivity contribution in [3.05, 3.63) is 89.5 Å². The van der Waals surface area contributed by atoms with E-state index in [1.54, 1.807) is 30.2 Å². The molecule has 0 saturated carbocycles. The number of hydrogen-bond donors (Lipinski definition) is 2. The number of nitrogens with one attached hydrogen (secondary N) is 1. The molecule has 0 aliphatic rings. The van der Waals surface area contributed by atoms with Crippen molar-refractivity contribution < 1.29 is 19.1 Å². The van der Waals surface area contributed by atoms with Crippen LogP contribution in [-0.2, 0) is 17.9 Å². The maximum atomic E-state index is 14.1. The number of halogens is 1. The molecule has 0 saturated heterocycles. The van der Waals surface area contributed by atoms with Gasteiger partial charge in [-0.05, 0) is 54.3 Å². The second-order valence-electron chi connectivity index (χ2n) is 7.53. The number of nitrogens with zero attached hydrogens (tertiary/aromatic N) is 2. The molecule has 0 bridgehead atoms. The number of hydrogen-bond acceptors (Lipinski definition) is 3. The number of carbonyl (C=O) groups is 2. The van der Waals surface area contributed by atoms with Gasteiger partial charge in [0.15, 0.2) is 0 Å². The van der Waals surface area contributed by atoms with Crippen molar-refractivity contribution in [1.29, 1.82) is 0 Å². The van der Waals surface area contributed by atoms with Gasteiger partial charge in [0, 0.05) is 37.6 Å². The Kier molecular flexibility index (Phi) is 7.54. The summed E-state index contributed by atoms with van der Waals surface area (Å²) in [5.41, 5.74) is 3.53. The Hall–Kier alpha value is -3.74. The number of carbonyl (C=O) groups excluding carboxylic acids is 1. The maximum Gasteiger partial charge on any atom is 0.317 e. The maximum absolute atomic E-state index is 14.1. The summed E-state index contributed by atoms with van der Waals surface area (Å²) in [6.45, 7) is 4.47. The fraction of sp³-hybridized carbons (Fsp3) is 0.240. The number of rotatable bonds is 8. The fourth-order valence-electron chi connectivity index (χ4n) is 3.38. The molecule has 0 aliphatic heterocycles. The van der Waals surface area contributed by atoms with E-state index in [9.17, 15) is 19.1 Å². The van der Waals surface area contributed by atoms with Crippen molar-refractivity contribution >= 4 is 12.0 Å². The Morgan fingerprint density at radius 2 is 1.88 bits per heavy atom. The van der Waals surface area contributed by atoms with Crippen molar-refractivity contribution in [3.63, 3.8) is 0 Å². The first kappa shape index (κ1) is 22.9. The van der Waals surface area contributed by atoms with E-state index in [1.165, 1.54) is 18.3 Å². The Labute approximate surface area is 186 Å². The predicted octanol–water partition coefficient (Wildman–Crippen LogP) is 4.81. The van der Waals surface area contributed by atoms with E-state index in [1.807, 2.05) is 37.3 Å². The van der Waals surface area contributed by atoms with E-state index in [-0.39, 0.29) is 12.6 Å². The quantitative estimate of drug-likeness (QED) is 0.532. The van der Waals surface area contributed by atoms with E-state index < -0.39 is 17.7 Å². The molecule has 2 aromatic carbocycles. The second-order valence-corrected chi connectivity index (χ2v) is 7.53. The van der Waals surface area contributed by atoms with Crippen molar-refractivity contribution in [3.8, 4) is 11.1 Å². The van der Waals surface area contributed by atoms with Gasteiger partial charge in [-0.3, -0.25) is 9.78 Å². The number of carboxylic acid groups (broad SMARTS) is 1. The molecular formula is C25H26FN3O3. The molecule has 0 fully saturated rings. The van der Waals surface area contributed by atoms with Gasteiger partial charge in [-0.15, -0.1) is 0 Å². The number of pyridine rings is 1. The Balaban J connectivity index is 1.83. The Morgan fingerprint density at radius 1 is 1.12 bits per heavy atom. The third-order valence-electron chi connectivity index (χ3n) is 5.32. The molecule has 1 unspecified atom stereocenters. The highest BCUT2D eigenvalue weighted by Gasteiger charge is 2.18. The van der Waals surface area contributed by atoms with Crippen LogP contribution < -0.4 is 5.32 Å². The van der Waals surface area contributed by atoms with Crippen molar-refractivity contribution in [2.75, 3.05) is 6.54 Å². The normalized spacial score (nSPS) is 11.6. The topological polar surface area (TPSA) is 82.5 Å². The molecule has 1 heterocycles. The molecule has 3 aromatic rings. The number of benzene rings is 2. The molecule has 2 N–H and O–H groups in total. The highest BCUT2D eigenvalue weighted by Crippen LogP contribution is 2.28. The molecule has 32 heavy (non-hydrogen) atoms. The standard InChI is InChI=1S/C25H26FN3O3/c1-3-29(25(32)28-13-18-7-5-4-6-8-18)16-21-12-22(26)9-10-23(21)20-11-19(14-27-15-20)17(2)24(30)31/h4-12,14-15,17H,3,13,16H2,1-2H3,(H,28,32)(H,30,31). The summed E-state index contributed by atoms with van der Waals surface area (Å²) in [6, 6.07) is 15.5. The molecule has 0 aliphatic carbocycles. The summed E-state index contributed by atoms with van der Waals surface area (Å²) >= 11 is 0. The fourth-order valence-corrected chi connectivity index (χ4v) is 3.38. The first-order valence-corrected chi connectivity index (χ1v) is 10.4. The third kappa shape index (κ3) is 5.69. The van der Waals surface area contributed by atoms with Crippen LogP contribution in [0.3, 0.4) is 0 Å². The van der Waals surface area contributed by atoms with Crippen LogP contribution in [0, 0.1) is 5.82 Å².